The van der Waals surface area contributed by atoms with Gasteiger partial charge in [-0.2, -0.15) is 10.5 Å². The summed E-state index contributed by atoms with van der Waals surface area (Å²) in [5, 5.41) is 30.3. The summed E-state index contributed by atoms with van der Waals surface area (Å²) in [6.07, 6.45) is 0. The smallest absolute Gasteiger partial charge is 0.104 e. The largest absolute Gasteiger partial charge is 0.309 e. The fourth-order valence-electron chi connectivity index (χ4n) is 17.0. The number of aromatic nitrogens is 3. The molecular weight excluding hydrogens is 1250 g/mol. The first-order valence-electron chi connectivity index (χ1n) is 35.7. The Labute approximate surface area is 602 Å². The van der Waals surface area contributed by atoms with E-state index in [9.17, 15) is 10.5 Å². The maximum absolute atomic E-state index is 12.6. The molecule has 0 unspecified atom stereocenters. The van der Waals surface area contributed by atoms with Crippen molar-refractivity contribution in [2.24, 2.45) is 0 Å². The minimum Gasteiger partial charge on any atom is -0.309 e. The van der Waals surface area contributed by atoms with Crippen molar-refractivity contribution in [1.29, 1.82) is 10.5 Å². The van der Waals surface area contributed by atoms with Crippen LogP contribution in [-0.4, -0.2) is 13.7 Å². The summed E-state index contributed by atoms with van der Waals surface area (Å²) in [6, 6.07) is 98.1. The van der Waals surface area contributed by atoms with Crippen LogP contribution >= 0.6 is 0 Å². The SMILES string of the molecule is Cc1cc(C)cc(-c2ccc3c(c2)c2cc(-c4cc(C)cc(C)c4)ccc2n3-c2ccc(C#N)cc2-c2cc(-n3c4ccc(-c5cc(C)cc(C)c5)cc4c4cc(-c5cc(C)cc(C)c5)ccc43)c(C#N)c(-n3c4ccc(-c5cc(C)cc(C)c5)cc4c4cc(-c5cc(C)cc(C)c5)ccc43)c2)c1. The van der Waals surface area contributed by atoms with Crippen molar-refractivity contribution in [3.63, 3.8) is 0 Å². The molecule has 0 N–H and O–H groups in total. The maximum Gasteiger partial charge on any atom is 0.104 e. The Morgan fingerprint density at radius 2 is 0.417 bits per heavy atom. The van der Waals surface area contributed by atoms with Crippen molar-refractivity contribution in [2.45, 2.75) is 83.1 Å². The van der Waals surface area contributed by atoms with Crippen molar-refractivity contribution in [3.8, 4) is 107 Å². The number of nitriles is 2. The molecule has 14 aromatic carbocycles. The molecule has 3 aromatic heterocycles. The summed E-state index contributed by atoms with van der Waals surface area (Å²) in [7, 11) is 0. The van der Waals surface area contributed by atoms with Crippen LogP contribution in [0.1, 0.15) is 77.9 Å². The molecule has 17 rings (SSSR count). The predicted octanol–water partition coefficient (Wildman–Crippen LogP) is 26.1. The van der Waals surface area contributed by atoms with Crippen molar-refractivity contribution in [2.75, 3.05) is 0 Å². The second-order valence-electron chi connectivity index (χ2n) is 29.5. The van der Waals surface area contributed by atoms with Crippen LogP contribution in [0.4, 0.5) is 0 Å². The van der Waals surface area contributed by atoms with Crippen LogP contribution in [-0.2, 0) is 0 Å². The highest BCUT2D eigenvalue weighted by Crippen LogP contribution is 2.47. The number of hydrogen-bond acceptors (Lipinski definition) is 2. The molecule has 494 valence electrons. The fraction of sp³-hybridized carbons (Fsp3) is 0.122. The van der Waals surface area contributed by atoms with Crippen molar-refractivity contribution in [3.05, 3.63) is 327 Å². The van der Waals surface area contributed by atoms with Crippen LogP contribution in [0.2, 0.25) is 0 Å². The topological polar surface area (TPSA) is 62.4 Å². The van der Waals surface area contributed by atoms with Crippen LogP contribution < -0.4 is 0 Å². The van der Waals surface area contributed by atoms with Crippen molar-refractivity contribution in [1.82, 2.24) is 13.7 Å². The van der Waals surface area contributed by atoms with Gasteiger partial charge in [-0.25, -0.2) is 0 Å². The zero-order chi connectivity index (χ0) is 71.0. The Morgan fingerprint density at radius 1 is 0.194 bits per heavy atom. The van der Waals surface area contributed by atoms with E-state index >= 15 is 0 Å². The van der Waals surface area contributed by atoms with Gasteiger partial charge in [-0.3, -0.25) is 0 Å². The molecule has 0 radical (unpaired) electrons. The van der Waals surface area contributed by atoms with E-state index in [0.29, 0.717) is 22.5 Å². The standard InChI is InChI=1S/C98H77N5/c1-56-27-57(2)34-75(33-56)69-14-21-91-83(46-69)84-47-70(76-35-58(3)28-59(4)36-76)15-22-92(84)101(91)90-20-13-68(54-99)45-82(90)81-52-97(102-93-23-16-71(77-37-60(5)29-61(6)38-77)48-85(93)86-49-72(17-24-94(86)102)78-39-62(7)30-63(8)40-78)89(55-100)98(53-81)103-95-25-18-73(79-41-64(9)31-65(10)42-79)50-87(95)88-51-74(19-26-96(88)103)80-43-66(11)32-67(12)44-80/h13-53H,1-12H3. The first-order chi connectivity index (χ1) is 49.8. The van der Waals surface area contributed by atoms with E-state index in [0.717, 1.165) is 138 Å². The molecule has 0 saturated carbocycles. The number of hydrogen-bond donors (Lipinski definition) is 0. The molecular formula is C98H77N5. The summed E-state index contributed by atoms with van der Waals surface area (Å²) in [6.45, 7) is 26.0. The highest BCUT2D eigenvalue weighted by atomic mass is 15.0. The first-order valence-corrected chi connectivity index (χ1v) is 35.7. The second kappa shape index (κ2) is 24.7. The zero-order valence-corrected chi connectivity index (χ0v) is 60.4. The van der Waals surface area contributed by atoms with Crippen molar-refractivity contribution >= 4 is 65.4 Å². The Morgan fingerprint density at radius 3 is 0.631 bits per heavy atom. The first kappa shape index (κ1) is 63.9. The third-order valence-corrected chi connectivity index (χ3v) is 21.0. The Hall–Kier alpha value is -12.5. The average Bonchev–Trinajstić information content (AvgIpc) is 1.59. The monoisotopic (exact) mass is 1320 g/mol. The lowest BCUT2D eigenvalue weighted by Crippen LogP contribution is -2.06. The van der Waals surface area contributed by atoms with Crippen LogP contribution in [0, 0.1) is 106 Å². The lowest BCUT2D eigenvalue weighted by atomic mass is 9.96. The van der Waals surface area contributed by atoms with Gasteiger partial charge in [-0.05, 0) is 259 Å². The summed E-state index contributed by atoms with van der Waals surface area (Å²) in [4.78, 5) is 0. The molecule has 17 aromatic rings. The van der Waals surface area contributed by atoms with Gasteiger partial charge >= 0.3 is 0 Å². The van der Waals surface area contributed by atoms with Gasteiger partial charge in [-0.1, -0.05) is 212 Å². The molecule has 3 heterocycles. The van der Waals surface area contributed by atoms with Crippen LogP contribution in [0.5, 0.6) is 0 Å². The van der Waals surface area contributed by atoms with Gasteiger partial charge in [0.05, 0.1) is 61.8 Å². The Balaban J connectivity index is 1.00. The van der Waals surface area contributed by atoms with E-state index < -0.39 is 0 Å². The van der Waals surface area contributed by atoms with E-state index in [1.54, 1.807) is 0 Å². The highest BCUT2D eigenvalue weighted by Gasteiger charge is 2.27. The van der Waals surface area contributed by atoms with Crippen LogP contribution in [0.15, 0.2) is 249 Å². The highest BCUT2D eigenvalue weighted by molar-refractivity contribution is 6.15. The molecule has 5 nitrogen and oxygen atoms in total. The lowest BCUT2D eigenvalue weighted by Gasteiger charge is -2.21. The molecule has 0 saturated heterocycles. The van der Waals surface area contributed by atoms with E-state index in [1.165, 1.54) is 77.9 Å². The van der Waals surface area contributed by atoms with Gasteiger partial charge in [0.25, 0.3) is 0 Å². The Bertz CT molecular complexity index is 5900. The molecule has 0 fully saturated rings. The number of rotatable bonds is 10. The van der Waals surface area contributed by atoms with Gasteiger partial charge in [0, 0.05) is 37.9 Å². The second-order valence-corrected chi connectivity index (χ2v) is 29.5. The number of aryl methyl sites for hydroxylation is 12. The van der Waals surface area contributed by atoms with Crippen LogP contribution in [0.3, 0.4) is 0 Å². The number of nitrogens with zero attached hydrogens (tertiary/aromatic N) is 5. The summed E-state index contributed by atoms with van der Waals surface area (Å²) < 4.78 is 7.09. The van der Waals surface area contributed by atoms with Gasteiger partial charge in [0.1, 0.15) is 11.6 Å². The maximum atomic E-state index is 12.6. The number of benzene rings is 14. The quantitative estimate of drug-likeness (QED) is 0.137. The minimum absolute atomic E-state index is 0.502. The van der Waals surface area contributed by atoms with E-state index in [1.807, 2.05) is 6.07 Å². The molecule has 0 spiro atoms. The van der Waals surface area contributed by atoms with Gasteiger partial charge in [0.2, 0.25) is 0 Å². The molecule has 0 atom stereocenters. The predicted molar refractivity (Wildman–Crippen MR) is 434 cm³/mol. The molecule has 5 heteroatoms. The van der Waals surface area contributed by atoms with E-state index in [4.69, 9.17) is 0 Å². The van der Waals surface area contributed by atoms with E-state index in [-0.39, 0.29) is 0 Å². The molecule has 0 aliphatic rings. The minimum atomic E-state index is 0.502. The molecule has 103 heavy (non-hydrogen) atoms. The summed E-state index contributed by atoms with van der Waals surface area (Å²) in [5.41, 5.74) is 39.1. The molecule has 0 amide bonds. The molecule has 0 aliphatic heterocycles. The lowest BCUT2D eigenvalue weighted by molar-refractivity contribution is 1.12. The molecule has 0 aliphatic carbocycles. The normalized spacial score (nSPS) is 11.7. The zero-order valence-electron chi connectivity index (χ0n) is 60.4. The van der Waals surface area contributed by atoms with Gasteiger partial charge in [0.15, 0.2) is 0 Å². The van der Waals surface area contributed by atoms with E-state index in [2.05, 4.69) is 352 Å². The van der Waals surface area contributed by atoms with Gasteiger partial charge in [-0.15, -0.1) is 0 Å². The molecule has 0 bridgehead atoms. The average molecular weight is 1320 g/mol. The fourth-order valence-corrected chi connectivity index (χ4v) is 17.0. The van der Waals surface area contributed by atoms with Crippen LogP contribution in [0.25, 0.3) is 160 Å². The third-order valence-electron chi connectivity index (χ3n) is 21.0. The number of fused-ring (bicyclic) bond motifs is 9. The Kier molecular flexibility index (Phi) is 15.3. The van der Waals surface area contributed by atoms with Crippen molar-refractivity contribution < 1.29 is 0 Å². The third kappa shape index (κ3) is 11.3. The summed E-state index contributed by atoms with van der Waals surface area (Å²) >= 11 is 0. The van der Waals surface area contributed by atoms with Gasteiger partial charge < -0.3 is 13.7 Å². The summed E-state index contributed by atoms with van der Waals surface area (Å²) in [5.74, 6) is 0.